The maximum absolute atomic E-state index is 12.2. The van der Waals surface area contributed by atoms with E-state index in [1.54, 1.807) is 12.1 Å². The van der Waals surface area contributed by atoms with Gasteiger partial charge in [-0.15, -0.1) is 0 Å². The van der Waals surface area contributed by atoms with Crippen molar-refractivity contribution in [2.24, 2.45) is 0 Å². The third kappa shape index (κ3) is 4.79. The number of nitrogens with one attached hydrogen (secondary N) is 2. The molecule has 1 aliphatic heterocycles. The molecule has 2 atom stereocenters. The van der Waals surface area contributed by atoms with Crippen LogP contribution in [0.25, 0.3) is 0 Å². The molecule has 1 aromatic carbocycles. The summed E-state index contributed by atoms with van der Waals surface area (Å²) in [6.45, 7) is 1.88. The molecular formula is C15H19BrN2O4. The van der Waals surface area contributed by atoms with Crippen LogP contribution in [0, 0.1) is 0 Å². The van der Waals surface area contributed by atoms with Crippen LogP contribution in [0.15, 0.2) is 28.7 Å². The lowest BCUT2D eigenvalue weighted by Gasteiger charge is -2.24. The number of morpholine rings is 1. The third-order valence-corrected chi connectivity index (χ3v) is 3.90. The zero-order valence-corrected chi connectivity index (χ0v) is 13.9. The molecule has 2 N–H and O–H groups in total. The van der Waals surface area contributed by atoms with Crippen LogP contribution in [0.3, 0.4) is 0 Å². The number of methoxy groups -OCH3 is 1. The normalized spacial score (nSPS) is 19.3. The Kier molecular flexibility index (Phi) is 6.35. The first-order chi connectivity index (χ1) is 10.6. The average Bonchev–Trinajstić information content (AvgIpc) is 2.54. The molecule has 0 spiro atoms. The van der Waals surface area contributed by atoms with Gasteiger partial charge in [-0.3, -0.25) is 4.79 Å². The van der Waals surface area contributed by atoms with E-state index in [1.165, 1.54) is 7.11 Å². The van der Waals surface area contributed by atoms with Gasteiger partial charge in [-0.1, -0.05) is 28.1 Å². The van der Waals surface area contributed by atoms with Gasteiger partial charge in [0.05, 0.1) is 20.3 Å². The molecule has 2 unspecified atom stereocenters. The molecule has 2 rings (SSSR count). The van der Waals surface area contributed by atoms with Crippen LogP contribution in [-0.2, 0) is 19.1 Å². The van der Waals surface area contributed by atoms with Crippen molar-refractivity contribution in [2.45, 2.75) is 18.5 Å². The van der Waals surface area contributed by atoms with Gasteiger partial charge < -0.3 is 20.1 Å². The van der Waals surface area contributed by atoms with Gasteiger partial charge in [0, 0.05) is 23.5 Å². The van der Waals surface area contributed by atoms with Gasteiger partial charge in [0.2, 0.25) is 5.91 Å². The highest BCUT2D eigenvalue weighted by molar-refractivity contribution is 9.10. The fraction of sp³-hybridized carbons (Fsp3) is 0.467. The van der Waals surface area contributed by atoms with Crippen LogP contribution < -0.4 is 10.6 Å². The highest BCUT2D eigenvalue weighted by Crippen LogP contribution is 2.18. The monoisotopic (exact) mass is 370 g/mol. The van der Waals surface area contributed by atoms with Gasteiger partial charge >= 0.3 is 5.97 Å². The van der Waals surface area contributed by atoms with Gasteiger partial charge in [0.25, 0.3) is 0 Å². The van der Waals surface area contributed by atoms with E-state index in [0.29, 0.717) is 18.8 Å². The average molecular weight is 371 g/mol. The number of hydrogen-bond acceptors (Lipinski definition) is 5. The predicted molar refractivity (Wildman–Crippen MR) is 84.3 cm³/mol. The van der Waals surface area contributed by atoms with Gasteiger partial charge in [-0.2, -0.15) is 0 Å². The Morgan fingerprint density at radius 3 is 2.77 bits per heavy atom. The van der Waals surface area contributed by atoms with Crippen molar-refractivity contribution >= 4 is 27.8 Å². The number of halogens is 1. The van der Waals surface area contributed by atoms with Crippen LogP contribution in [0.5, 0.6) is 0 Å². The minimum absolute atomic E-state index is 0.0306. The van der Waals surface area contributed by atoms with E-state index in [-0.39, 0.29) is 18.4 Å². The minimum Gasteiger partial charge on any atom is -0.467 e. The predicted octanol–water partition coefficient (Wildman–Crippen LogP) is 1.16. The molecule has 7 heteroatoms. The molecule has 6 nitrogen and oxygen atoms in total. The molecule has 120 valence electrons. The topological polar surface area (TPSA) is 76.7 Å². The molecule has 0 aliphatic carbocycles. The molecule has 22 heavy (non-hydrogen) atoms. The Labute approximate surface area is 137 Å². The largest absolute Gasteiger partial charge is 0.467 e. The van der Waals surface area contributed by atoms with Gasteiger partial charge in [-0.05, 0) is 17.7 Å². The van der Waals surface area contributed by atoms with E-state index in [0.717, 1.165) is 11.0 Å². The van der Waals surface area contributed by atoms with Crippen LogP contribution in [-0.4, -0.2) is 44.8 Å². The molecule has 1 saturated heterocycles. The van der Waals surface area contributed by atoms with E-state index in [1.807, 2.05) is 12.1 Å². The molecule has 0 radical (unpaired) electrons. The Morgan fingerprint density at radius 1 is 1.45 bits per heavy atom. The van der Waals surface area contributed by atoms with Crippen LogP contribution in [0.4, 0.5) is 0 Å². The smallest absolute Gasteiger partial charge is 0.333 e. The summed E-state index contributed by atoms with van der Waals surface area (Å²) in [4.78, 5) is 24.1. The number of hydrogen-bond donors (Lipinski definition) is 2. The molecule has 0 aromatic heterocycles. The van der Waals surface area contributed by atoms with E-state index in [2.05, 4.69) is 26.6 Å². The van der Waals surface area contributed by atoms with Crippen molar-refractivity contribution in [3.63, 3.8) is 0 Å². The molecule has 1 fully saturated rings. The number of amides is 1. The Balaban J connectivity index is 2.01. The molecule has 1 heterocycles. The second kappa shape index (κ2) is 8.26. The van der Waals surface area contributed by atoms with Crippen molar-refractivity contribution < 1.29 is 19.1 Å². The second-order valence-electron chi connectivity index (χ2n) is 5.01. The summed E-state index contributed by atoms with van der Waals surface area (Å²) in [6, 6.07) is 6.33. The summed E-state index contributed by atoms with van der Waals surface area (Å²) in [6.07, 6.45) is 0.254. The summed E-state index contributed by atoms with van der Waals surface area (Å²) in [5.74, 6) is -0.718. The maximum Gasteiger partial charge on any atom is 0.333 e. The highest BCUT2D eigenvalue weighted by Gasteiger charge is 2.25. The fourth-order valence-corrected chi connectivity index (χ4v) is 2.51. The SMILES string of the molecule is COC(=O)C(NC(=O)CC1COCCN1)c1ccc(Br)cc1. The van der Waals surface area contributed by atoms with E-state index in [9.17, 15) is 9.59 Å². The van der Waals surface area contributed by atoms with Crippen molar-refractivity contribution in [1.29, 1.82) is 0 Å². The van der Waals surface area contributed by atoms with Gasteiger partial charge in [0.15, 0.2) is 6.04 Å². The summed E-state index contributed by atoms with van der Waals surface area (Å²) in [5, 5.41) is 5.93. The van der Waals surface area contributed by atoms with Crippen molar-refractivity contribution in [3.8, 4) is 0 Å². The van der Waals surface area contributed by atoms with E-state index in [4.69, 9.17) is 9.47 Å². The number of rotatable bonds is 5. The number of esters is 1. The highest BCUT2D eigenvalue weighted by atomic mass is 79.9. The standard InChI is InChI=1S/C15H19BrN2O4/c1-21-15(20)14(10-2-4-11(16)5-3-10)18-13(19)8-12-9-22-7-6-17-12/h2-5,12,14,17H,6-9H2,1H3,(H,18,19). The molecule has 1 aliphatic rings. The van der Waals surface area contributed by atoms with Crippen molar-refractivity contribution in [1.82, 2.24) is 10.6 Å². The van der Waals surface area contributed by atoms with Crippen molar-refractivity contribution in [2.75, 3.05) is 26.9 Å². The van der Waals surface area contributed by atoms with Crippen molar-refractivity contribution in [3.05, 3.63) is 34.3 Å². The lowest BCUT2D eigenvalue weighted by molar-refractivity contribution is -0.145. The molecule has 0 bridgehead atoms. The first kappa shape index (κ1) is 16.9. The number of carbonyl (C=O) groups is 2. The summed E-state index contributed by atoms with van der Waals surface area (Å²) in [7, 11) is 1.30. The van der Waals surface area contributed by atoms with Gasteiger partial charge in [0.1, 0.15) is 0 Å². The fourth-order valence-electron chi connectivity index (χ4n) is 2.25. The Hall–Kier alpha value is -1.44. The third-order valence-electron chi connectivity index (χ3n) is 3.38. The van der Waals surface area contributed by atoms with Crippen LogP contribution in [0.1, 0.15) is 18.0 Å². The number of benzene rings is 1. The lowest BCUT2D eigenvalue weighted by atomic mass is 10.1. The molecule has 1 amide bonds. The van der Waals surface area contributed by atoms with Crippen LogP contribution in [0.2, 0.25) is 0 Å². The first-order valence-electron chi connectivity index (χ1n) is 7.04. The Bertz CT molecular complexity index is 515. The summed E-state index contributed by atoms with van der Waals surface area (Å²) < 4.78 is 11.0. The summed E-state index contributed by atoms with van der Waals surface area (Å²) >= 11 is 3.34. The lowest BCUT2D eigenvalue weighted by Crippen LogP contribution is -2.45. The quantitative estimate of drug-likeness (QED) is 0.760. The Morgan fingerprint density at radius 2 is 2.18 bits per heavy atom. The van der Waals surface area contributed by atoms with E-state index >= 15 is 0 Å². The zero-order chi connectivity index (χ0) is 15.9. The van der Waals surface area contributed by atoms with Crippen LogP contribution >= 0.6 is 15.9 Å². The number of ether oxygens (including phenoxy) is 2. The number of carbonyl (C=O) groups excluding carboxylic acids is 2. The zero-order valence-electron chi connectivity index (χ0n) is 12.3. The summed E-state index contributed by atoms with van der Waals surface area (Å²) in [5.41, 5.74) is 0.677. The molecule has 0 saturated carbocycles. The van der Waals surface area contributed by atoms with E-state index < -0.39 is 12.0 Å². The second-order valence-corrected chi connectivity index (χ2v) is 5.92. The first-order valence-corrected chi connectivity index (χ1v) is 7.83. The maximum atomic E-state index is 12.2. The van der Waals surface area contributed by atoms with Gasteiger partial charge in [-0.25, -0.2) is 4.79 Å². The minimum atomic E-state index is -0.810. The molecule has 1 aromatic rings. The molecular weight excluding hydrogens is 352 g/mol.